The molecule has 0 aromatic carbocycles. The molecule has 1 N–H and O–H groups in total. The van der Waals surface area contributed by atoms with Crippen LogP contribution in [0.15, 0.2) is 4.99 Å². The Hall–Kier alpha value is -2.16. The summed E-state index contributed by atoms with van der Waals surface area (Å²) in [6.07, 6.45) is 1.23. The van der Waals surface area contributed by atoms with Crippen LogP contribution >= 0.6 is 0 Å². The second-order valence-electron chi connectivity index (χ2n) is 8.90. The molecule has 2 atom stereocenters. The van der Waals surface area contributed by atoms with Gasteiger partial charge in [0.2, 0.25) is 5.91 Å². The molecule has 0 aliphatic carbocycles. The molecule has 1 aromatic rings. The predicted octanol–water partition coefficient (Wildman–Crippen LogP) is 0.711. The largest absolute Gasteiger partial charge is 0.357 e. The molecule has 2 unspecified atom stereocenters. The third-order valence-electron chi connectivity index (χ3n) is 6.14. The summed E-state index contributed by atoms with van der Waals surface area (Å²) >= 11 is 0. The molecule has 0 radical (unpaired) electrons. The maximum absolute atomic E-state index is 12.8. The van der Waals surface area contributed by atoms with Gasteiger partial charge in [-0.3, -0.25) is 9.69 Å². The van der Waals surface area contributed by atoms with Crippen molar-refractivity contribution in [1.29, 1.82) is 0 Å². The molecule has 1 amide bonds. The van der Waals surface area contributed by atoms with Crippen LogP contribution in [0, 0.1) is 18.8 Å². The quantitative estimate of drug-likeness (QED) is 0.560. The molecule has 0 bridgehead atoms. The standard InChI is InChI=1S/C21H38N8O/c1-6-22-21(23-12-19-25-24-18(4)26(19)5)28-9-7-27(8-10-28)15-20(30)29-13-16(2)11-17(3)14-29/h16-17H,6-15H2,1-5H3,(H,22,23). The molecule has 30 heavy (non-hydrogen) atoms. The smallest absolute Gasteiger partial charge is 0.236 e. The van der Waals surface area contributed by atoms with E-state index in [0.717, 1.165) is 63.4 Å². The summed E-state index contributed by atoms with van der Waals surface area (Å²) in [4.78, 5) is 24.2. The Morgan fingerprint density at radius 1 is 1.10 bits per heavy atom. The van der Waals surface area contributed by atoms with Crippen molar-refractivity contribution in [3.8, 4) is 0 Å². The SMILES string of the molecule is CCNC(=NCc1nnc(C)n1C)N1CCN(CC(=O)N2CC(C)CC(C)C2)CC1. The van der Waals surface area contributed by atoms with E-state index in [9.17, 15) is 4.79 Å². The normalized spacial score (nSPS) is 23.7. The van der Waals surface area contributed by atoms with Crippen LogP contribution in [0.5, 0.6) is 0 Å². The van der Waals surface area contributed by atoms with Gasteiger partial charge in [0.05, 0.1) is 6.54 Å². The van der Waals surface area contributed by atoms with Gasteiger partial charge < -0.3 is 19.7 Å². The molecule has 3 heterocycles. The highest BCUT2D eigenvalue weighted by molar-refractivity contribution is 5.80. The Morgan fingerprint density at radius 3 is 2.33 bits per heavy atom. The molecule has 2 aliphatic heterocycles. The minimum atomic E-state index is 0.278. The lowest BCUT2D eigenvalue weighted by Gasteiger charge is -2.39. The number of hydrogen-bond acceptors (Lipinski definition) is 5. The van der Waals surface area contributed by atoms with Crippen LogP contribution in [0.25, 0.3) is 0 Å². The van der Waals surface area contributed by atoms with Gasteiger partial charge in [0.15, 0.2) is 11.8 Å². The molecule has 3 rings (SSSR count). The zero-order valence-corrected chi connectivity index (χ0v) is 19.3. The highest BCUT2D eigenvalue weighted by atomic mass is 16.2. The fourth-order valence-electron chi connectivity index (χ4n) is 4.44. The number of aryl methyl sites for hydroxylation is 1. The van der Waals surface area contributed by atoms with Crippen molar-refractivity contribution in [2.45, 2.75) is 40.7 Å². The van der Waals surface area contributed by atoms with Crippen LogP contribution in [0.4, 0.5) is 0 Å². The molecule has 1 aromatic heterocycles. The lowest BCUT2D eigenvalue weighted by molar-refractivity contribution is -0.135. The van der Waals surface area contributed by atoms with Gasteiger partial charge in [0, 0.05) is 52.9 Å². The summed E-state index contributed by atoms with van der Waals surface area (Å²) in [5.74, 6) is 4.14. The molecule has 9 heteroatoms. The van der Waals surface area contributed by atoms with E-state index in [2.05, 4.69) is 51.0 Å². The summed E-state index contributed by atoms with van der Waals surface area (Å²) in [5, 5.41) is 11.7. The number of guanidine groups is 1. The van der Waals surface area contributed by atoms with Crippen LogP contribution in [-0.4, -0.2) is 93.7 Å². The molecular weight excluding hydrogens is 380 g/mol. The van der Waals surface area contributed by atoms with E-state index in [1.807, 2.05) is 18.5 Å². The summed E-state index contributed by atoms with van der Waals surface area (Å²) in [6.45, 7) is 15.7. The lowest BCUT2D eigenvalue weighted by Crippen LogP contribution is -2.55. The van der Waals surface area contributed by atoms with Crippen molar-refractivity contribution in [1.82, 2.24) is 34.8 Å². The first kappa shape index (κ1) is 22.5. The first-order valence-electron chi connectivity index (χ1n) is 11.3. The van der Waals surface area contributed by atoms with Crippen LogP contribution in [0.1, 0.15) is 38.8 Å². The van der Waals surface area contributed by atoms with Gasteiger partial charge >= 0.3 is 0 Å². The maximum atomic E-state index is 12.8. The van der Waals surface area contributed by atoms with Crippen LogP contribution in [0.2, 0.25) is 0 Å². The number of carbonyl (C=O) groups excluding carboxylic acids is 1. The molecule has 2 aliphatic rings. The van der Waals surface area contributed by atoms with Crippen molar-refractivity contribution in [2.24, 2.45) is 23.9 Å². The van der Waals surface area contributed by atoms with Crippen molar-refractivity contribution < 1.29 is 4.79 Å². The summed E-state index contributed by atoms with van der Waals surface area (Å²) < 4.78 is 1.97. The molecule has 0 spiro atoms. The molecule has 168 valence electrons. The van der Waals surface area contributed by atoms with Crippen LogP contribution < -0.4 is 5.32 Å². The Balaban J connectivity index is 1.51. The van der Waals surface area contributed by atoms with E-state index in [1.165, 1.54) is 6.42 Å². The fraction of sp³-hybridized carbons (Fsp3) is 0.810. The van der Waals surface area contributed by atoms with E-state index in [0.29, 0.717) is 24.9 Å². The number of rotatable bonds is 5. The number of aliphatic imine (C=N–C) groups is 1. The highest BCUT2D eigenvalue weighted by Gasteiger charge is 2.28. The number of piperazine rings is 1. The van der Waals surface area contributed by atoms with Crippen LogP contribution in [0.3, 0.4) is 0 Å². The average Bonchev–Trinajstić information content (AvgIpc) is 3.03. The molecule has 2 saturated heterocycles. The van der Waals surface area contributed by atoms with Crippen molar-refractivity contribution in [2.75, 3.05) is 52.4 Å². The molecule has 9 nitrogen and oxygen atoms in total. The minimum Gasteiger partial charge on any atom is -0.357 e. The number of aromatic nitrogens is 3. The maximum Gasteiger partial charge on any atom is 0.236 e. The predicted molar refractivity (Wildman–Crippen MR) is 118 cm³/mol. The number of hydrogen-bond donors (Lipinski definition) is 1. The van der Waals surface area contributed by atoms with Crippen LogP contribution in [-0.2, 0) is 18.4 Å². The van der Waals surface area contributed by atoms with Gasteiger partial charge in [-0.25, -0.2) is 4.99 Å². The zero-order chi connectivity index (χ0) is 21.7. The first-order valence-corrected chi connectivity index (χ1v) is 11.3. The Bertz CT molecular complexity index is 727. The summed E-state index contributed by atoms with van der Waals surface area (Å²) in [6, 6.07) is 0. The zero-order valence-electron chi connectivity index (χ0n) is 19.3. The first-order chi connectivity index (χ1) is 14.4. The van der Waals surface area contributed by atoms with Gasteiger partial charge in [-0.2, -0.15) is 0 Å². The Labute approximate surface area is 180 Å². The van der Waals surface area contributed by atoms with E-state index in [1.54, 1.807) is 0 Å². The summed E-state index contributed by atoms with van der Waals surface area (Å²) in [5.41, 5.74) is 0. The highest BCUT2D eigenvalue weighted by Crippen LogP contribution is 2.21. The number of amides is 1. The van der Waals surface area contributed by atoms with Crippen molar-refractivity contribution in [3.63, 3.8) is 0 Å². The third-order valence-corrected chi connectivity index (χ3v) is 6.14. The van der Waals surface area contributed by atoms with E-state index in [4.69, 9.17) is 4.99 Å². The van der Waals surface area contributed by atoms with Crippen molar-refractivity contribution >= 4 is 11.9 Å². The second kappa shape index (κ2) is 10.2. The van der Waals surface area contributed by atoms with Gasteiger partial charge in [0.1, 0.15) is 12.4 Å². The molecule has 0 saturated carbocycles. The lowest BCUT2D eigenvalue weighted by atomic mass is 9.92. The Kier molecular flexibility index (Phi) is 7.69. The number of piperidine rings is 1. The van der Waals surface area contributed by atoms with Gasteiger partial charge in [-0.05, 0) is 32.1 Å². The number of likely N-dealkylation sites (tertiary alicyclic amines) is 1. The molecule has 2 fully saturated rings. The average molecular weight is 419 g/mol. The number of nitrogens with zero attached hydrogens (tertiary/aromatic N) is 7. The molecular formula is C21H38N8O. The van der Waals surface area contributed by atoms with E-state index in [-0.39, 0.29) is 5.91 Å². The van der Waals surface area contributed by atoms with Crippen molar-refractivity contribution in [3.05, 3.63) is 11.6 Å². The fourth-order valence-corrected chi connectivity index (χ4v) is 4.44. The second-order valence-corrected chi connectivity index (χ2v) is 8.90. The Morgan fingerprint density at radius 2 is 1.77 bits per heavy atom. The minimum absolute atomic E-state index is 0.278. The van der Waals surface area contributed by atoms with Gasteiger partial charge in [-0.15, -0.1) is 10.2 Å². The number of nitrogens with one attached hydrogen (secondary N) is 1. The van der Waals surface area contributed by atoms with Gasteiger partial charge in [0.25, 0.3) is 0 Å². The third kappa shape index (κ3) is 5.71. The number of carbonyl (C=O) groups is 1. The monoisotopic (exact) mass is 418 g/mol. The summed E-state index contributed by atoms with van der Waals surface area (Å²) in [7, 11) is 1.97. The topological polar surface area (TPSA) is 81.9 Å². The van der Waals surface area contributed by atoms with Gasteiger partial charge in [-0.1, -0.05) is 13.8 Å². The van der Waals surface area contributed by atoms with E-state index >= 15 is 0 Å². The van der Waals surface area contributed by atoms with E-state index < -0.39 is 0 Å².